The van der Waals surface area contributed by atoms with Gasteiger partial charge >= 0.3 is 0 Å². The summed E-state index contributed by atoms with van der Waals surface area (Å²) in [5.41, 5.74) is 9.80. The SMILES string of the molecule is CN(C)CCCN(C)C1=CC=C(N2CCc3c(-c4cnc(N)nc4)nc(N4CCOCC4)nc32)CN1. The lowest BCUT2D eigenvalue weighted by molar-refractivity contribution is 0.122. The molecule has 3 N–H and O–H groups in total. The second kappa shape index (κ2) is 10.7. The number of dihydropyridines is 1. The highest BCUT2D eigenvalue weighted by Gasteiger charge is 2.30. The molecule has 0 amide bonds. The molecule has 1 fully saturated rings. The van der Waals surface area contributed by atoms with E-state index in [1.165, 1.54) is 5.70 Å². The maximum Gasteiger partial charge on any atom is 0.228 e. The standard InChI is InChI=1S/C25H36N10O/c1-32(2)8-4-9-33(3)21-6-5-19(17-27-21)35-10-7-20-22(18-15-28-24(26)29-16-18)30-25(31-23(20)35)34-11-13-36-14-12-34/h5-6,15-16,27H,4,7-14,17H2,1-3H3,(H2,26,28,29). The Labute approximate surface area is 212 Å². The Bertz CT molecular complexity index is 1120. The van der Waals surface area contributed by atoms with Gasteiger partial charge in [-0.15, -0.1) is 0 Å². The van der Waals surface area contributed by atoms with Crippen LogP contribution in [0.4, 0.5) is 17.7 Å². The predicted molar refractivity (Wildman–Crippen MR) is 142 cm³/mol. The molecule has 0 saturated carbocycles. The number of nitrogens with one attached hydrogen (secondary N) is 1. The minimum absolute atomic E-state index is 0.257. The van der Waals surface area contributed by atoms with Crippen LogP contribution in [0.3, 0.4) is 0 Å². The fourth-order valence-electron chi connectivity index (χ4n) is 4.79. The highest BCUT2D eigenvalue weighted by atomic mass is 16.5. The molecule has 2 aromatic heterocycles. The first-order chi connectivity index (χ1) is 17.5. The molecule has 5 heterocycles. The fraction of sp³-hybridized carbons (Fsp3) is 0.520. The number of aromatic nitrogens is 4. The largest absolute Gasteiger partial charge is 0.378 e. The first-order valence-electron chi connectivity index (χ1n) is 12.6. The molecule has 1 saturated heterocycles. The number of morpholine rings is 1. The van der Waals surface area contributed by atoms with Gasteiger partial charge in [-0.3, -0.25) is 0 Å². The third-order valence-corrected chi connectivity index (χ3v) is 6.79. The van der Waals surface area contributed by atoms with E-state index >= 15 is 0 Å². The third-order valence-electron chi connectivity index (χ3n) is 6.79. The molecule has 3 aliphatic heterocycles. The third kappa shape index (κ3) is 5.21. The van der Waals surface area contributed by atoms with E-state index in [2.05, 4.69) is 68.2 Å². The van der Waals surface area contributed by atoms with Crippen LogP contribution < -0.4 is 20.9 Å². The molecule has 2 aromatic rings. The summed E-state index contributed by atoms with van der Waals surface area (Å²) in [6, 6.07) is 0. The van der Waals surface area contributed by atoms with Gasteiger partial charge < -0.3 is 35.4 Å². The Morgan fingerprint density at radius 2 is 1.81 bits per heavy atom. The Kier molecular flexibility index (Phi) is 7.19. The van der Waals surface area contributed by atoms with Gasteiger partial charge in [-0.25, -0.2) is 15.0 Å². The topological polar surface area (TPSA) is 112 Å². The van der Waals surface area contributed by atoms with Gasteiger partial charge in [0.25, 0.3) is 0 Å². The van der Waals surface area contributed by atoms with E-state index in [4.69, 9.17) is 20.4 Å². The molecule has 0 bridgehead atoms. The smallest absolute Gasteiger partial charge is 0.228 e. The van der Waals surface area contributed by atoms with Gasteiger partial charge in [0.05, 0.1) is 25.5 Å². The van der Waals surface area contributed by atoms with E-state index in [9.17, 15) is 0 Å². The van der Waals surface area contributed by atoms with Crippen molar-refractivity contribution in [1.82, 2.24) is 35.1 Å². The van der Waals surface area contributed by atoms with E-state index < -0.39 is 0 Å². The van der Waals surface area contributed by atoms with E-state index in [0.717, 1.165) is 86.5 Å². The van der Waals surface area contributed by atoms with Gasteiger partial charge in [-0.1, -0.05) is 0 Å². The van der Waals surface area contributed by atoms with Crippen LogP contribution in [0.15, 0.2) is 36.1 Å². The predicted octanol–water partition coefficient (Wildman–Crippen LogP) is 0.927. The number of hydrogen-bond acceptors (Lipinski definition) is 11. The van der Waals surface area contributed by atoms with Crippen molar-refractivity contribution in [2.24, 2.45) is 0 Å². The van der Waals surface area contributed by atoms with Crippen molar-refractivity contribution in [2.75, 3.05) is 89.2 Å². The normalized spacial score (nSPS) is 17.6. The Balaban J connectivity index is 1.43. The molecule has 5 rings (SSSR count). The van der Waals surface area contributed by atoms with Crippen LogP contribution in [0.2, 0.25) is 0 Å². The van der Waals surface area contributed by atoms with Crippen molar-refractivity contribution in [3.63, 3.8) is 0 Å². The van der Waals surface area contributed by atoms with Crippen LogP contribution in [-0.2, 0) is 11.2 Å². The maximum absolute atomic E-state index is 5.75. The molecule has 11 nitrogen and oxygen atoms in total. The molecule has 0 spiro atoms. The highest BCUT2D eigenvalue weighted by Crippen LogP contribution is 2.37. The Morgan fingerprint density at radius 3 is 2.50 bits per heavy atom. The summed E-state index contributed by atoms with van der Waals surface area (Å²) in [6.07, 6.45) is 9.87. The second-order valence-electron chi connectivity index (χ2n) is 9.65. The molecule has 192 valence electrons. The zero-order valence-electron chi connectivity index (χ0n) is 21.4. The average Bonchev–Trinajstić information content (AvgIpc) is 3.33. The van der Waals surface area contributed by atoms with Gasteiger partial charge in [-0.05, 0) is 45.6 Å². The first kappa shape index (κ1) is 24.3. The number of nitrogens with zero attached hydrogens (tertiary/aromatic N) is 8. The van der Waals surface area contributed by atoms with Crippen LogP contribution in [0.1, 0.15) is 12.0 Å². The van der Waals surface area contributed by atoms with Crippen LogP contribution in [0.25, 0.3) is 11.3 Å². The molecule has 3 aliphatic rings. The van der Waals surface area contributed by atoms with Crippen molar-refractivity contribution in [3.05, 3.63) is 41.6 Å². The number of hydrogen-bond donors (Lipinski definition) is 2. The summed E-state index contributed by atoms with van der Waals surface area (Å²) in [7, 11) is 6.36. The molecule has 0 aliphatic carbocycles. The van der Waals surface area contributed by atoms with Crippen molar-refractivity contribution >= 4 is 17.7 Å². The van der Waals surface area contributed by atoms with Crippen LogP contribution >= 0.6 is 0 Å². The lowest BCUT2D eigenvalue weighted by Gasteiger charge is -2.31. The van der Waals surface area contributed by atoms with Crippen molar-refractivity contribution in [2.45, 2.75) is 12.8 Å². The number of ether oxygens (including phenoxy) is 1. The molecule has 0 atom stereocenters. The van der Waals surface area contributed by atoms with Crippen LogP contribution in [0, 0.1) is 0 Å². The van der Waals surface area contributed by atoms with Gasteiger partial charge in [0, 0.05) is 62.4 Å². The highest BCUT2D eigenvalue weighted by molar-refractivity contribution is 5.74. The Morgan fingerprint density at radius 1 is 1.03 bits per heavy atom. The van der Waals surface area contributed by atoms with Gasteiger partial charge in [0.2, 0.25) is 11.9 Å². The molecule has 0 aromatic carbocycles. The van der Waals surface area contributed by atoms with Crippen molar-refractivity contribution in [1.29, 1.82) is 0 Å². The van der Waals surface area contributed by atoms with Gasteiger partial charge in [-0.2, -0.15) is 4.98 Å². The molecule has 11 heteroatoms. The molecular weight excluding hydrogens is 456 g/mol. The number of nitrogen functional groups attached to an aromatic ring is 1. The molecular formula is C25H36N10O. The Hall–Kier alpha value is -3.44. The molecule has 0 unspecified atom stereocenters. The lowest BCUT2D eigenvalue weighted by Crippen LogP contribution is -2.38. The van der Waals surface area contributed by atoms with Gasteiger partial charge in [0.1, 0.15) is 11.6 Å². The van der Waals surface area contributed by atoms with E-state index in [1.54, 1.807) is 12.4 Å². The van der Waals surface area contributed by atoms with E-state index in [0.29, 0.717) is 13.2 Å². The summed E-state index contributed by atoms with van der Waals surface area (Å²) < 4.78 is 5.55. The number of nitrogens with two attached hydrogens (primary N) is 1. The summed E-state index contributed by atoms with van der Waals surface area (Å²) in [5, 5.41) is 3.60. The molecule has 36 heavy (non-hydrogen) atoms. The minimum atomic E-state index is 0.257. The lowest BCUT2D eigenvalue weighted by atomic mass is 10.1. The first-order valence-corrected chi connectivity index (χ1v) is 12.6. The van der Waals surface area contributed by atoms with Crippen LogP contribution in [0.5, 0.6) is 0 Å². The minimum Gasteiger partial charge on any atom is -0.378 e. The number of allylic oxidation sites excluding steroid dienone is 2. The number of fused-ring (bicyclic) bond motifs is 1. The van der Waals surface area contributed by atoms with E-state index in [1.807, 2.05) is 0 Å². The quantitative estimate of drug-likeness (QED) is 0.549. The van der Waals surface area contributed by atoms with Crippen LogP contribution in [-0.4, -0.2) is 103 Å². The summed E-state index contributed by atoms with van der Waals surface area (Å²) in [5.74, 6) is 3.08. The number of rotatable bonds is 8. The fourth-order valence-corrected chi connectivity index (χ4v) is 4.79. The van der Waals surface area contributed by atoms with E-state index in [-0.39, 0.29) is 5.95 Å². The average molecular weight is 493 g/mol. The van der Waals surface area contributed by atoms with Crippen molar-refractivity contribution in [3.8, 4) is 11.3 Å². The molecule has 0 radical (unpaired) electrons. The summed E-state index contributed by atoms with van der Waals surface area (Å²) in [4.78, 5) is 27.5. The summed E-state index contributed by atoms with van der Waals surface area (Å²) >= 11 is 0. The zero-order valence-corrected chi connectivity index (χ0v) is 21.4. The summed E-state index contributed by atoms with van der Waals surface area (Å²) in [6.45, 7) is 6.59. The maximum atomic E-state index is 5.75. The monoisotopic (exact) mass is 492 g/mol. The van der Waals surface area contributed by atoms with Crippen molar-refractivity contribution < 1.29 is 4.74 Å². The van der Waals surface area contributed by atoms with Gasteiger partial charge in [0.15, 0.2) is 0 Å². The zero-order chi connectivity index (χ0) is 25.1. The number of anilines is 3. The second-order valence-corrected chi connectivity index (χ2v) is 9.65.